The molecule has 0 amide bonds. The summed E-state index contributed by atoms with van der Waals surface area (Å²) in [4.78, 5) is 13.5. The quantitative estimate of drug-likeness (QED) is 0.502. The third kappa shape index (κ3) is 3.55. The standard InChI is InChI=1S/C25H30NO2.BrH/c1-26(2)19-13-14-20(26)16-21(15-19)28-25(27)24-22-9-5-3-7-17(22)11-12-18-8-4-6-10-23(18)24;/h3-10,19-21,24H,11-16H2,1-2H3;1H/q+1;/p-1. The summed E-state index contributed by atoms with van der Waals surface area (Å²) < 4.78 is 7.33. The van der Waals surface area contributed by atoms with E-state index in [4.69, 9.17) is 4.74 Å². The molecule has 0 N–H and O–H groups in total. The summed E-state index contributed by atoms with van der Waals surface area (Å²) in [6, 6.07) is 18.1. The van der Waals surface area contributed by atoms with E-state index in [0.29, 0.717) is 12.1 Å². The number of esters is 1. The number of carbonyl (C=O) groups excluding carboxylic acids is 1. The fourth-order valence-electron chi connectivity index (χ4n) is 5.94. The number of hydrogen-bond donors (Lipinski definition) is 0. The molecule has 2 saturated heterocycles. The van der Waals surface area contributed by atoms with Crippen LogP contribution in [0, 0.1) is 0 Å². The van der Waals surface area contributed by atoms with Crippen LogP contribution in [-0.4, -0.2) is 42.7 Å². The number of carbonyl (C=O) groups is 1. The van der Waals surface area contributed by atoms with Crippen LogP contribution in [0.15, 0.2) is 48.5 Å². The number of hydrogen-bond acceptors (Lipinski definition) is 2. The van der Waals surface area contributed by atoms with Gasteiger partial charge in [-0.1, -0.05) is 48.5 Å². The Morgan fingerprint density at radius 3 is 1.86 bits per heavy atom. The molecule has 2 atom stereocenters. The highest BCUT2D eigenvalue weighted by Gasteiger charge is 2.50. The van der Waals surface area contributed by atoms with Gasteiger partial charge in [-0.3, -0.25) is 4.79 Å². The summed E-state index contributed by atoms with van der Waals surface area (Å²) in [6.07, 6.45) is 6.57. The monoisotopic (exact) mass is 455 g/mol. The fourth-order valence-corrected chi connectivity index (χ4v) is 5.94. The van der Waals surface area contributed by atoms with Gasteiger partial charge < -0.3 is 26.2 Å². The van der Waals surface area contributed by atoms with Crippen molar-refractivity contribution in [3.8, 4) is 0 Å². The largest absolute Gasteiger partial charge is 1.00 e. The maximum absolute atomic E-state index is 13.5. The van der Waals surface area contributed by atoms with Gasteiger partial charge in [0, 0.05) is 25.7 Å². The number of nitrogens with zero attached hydrogens (tertiary/aromatic N) is 1. The molecule has 29 heavy (non-hydrogen) atoms. The van der Waals surface area contributed by atoms with Crippen LogP contribution in [-0.2, 0) is 22.4 Å². The van der Waals surface area contributed by atoms with Crippen molar-refractivity contribution in [1.29, 1.82) is 0 Å². The number of quaternary nitrogens is 1. The fraction of sp³-hybridized carbons (Fsp3) is 0.480. The Morgan fingerprint density at radius 2 is 1.34 bits per heavy atom. The van der Waals surface area contributed by atoms with Crippen molar-refractivity contribution >= 4 is 5.97 Å². The van der Waals surface area contributed by atoms with E-state index in [9.17, 15) is 4.79 Å². The molecule has 5 rings (SSSR count). The minimum atomic E-state index is -0.294. The molecular weight excluding hydrogens is 426 g/mol. The second kappa shape index (κ2) is 7.88. The first-order chi connectivity index (χ1) is 13.5. The Labute approximate surface area is 184 Å². The zero-order chi connectivity index (χ0) is 19.3. The lowest BCUT2D eigenvalue weighted by molar-refractivity contribution is -0.931. The van der Waals surface area contributed by atoms with Crippen molar-refractivity contribution in [2.24, 2.45) is 0 Å². The molecule has 2 aromatic rings. The predicted octanol–water partition coefficient (Wildman–Crippen LogP) is 1.23. The Morgan fingerprint density at radius 1 is 0.862 bits per heavy atom. The number of benzene rings is 2. The normalized spacial score (nSPS) is 27.2. The Balaban J connectivity index is 0.00000205. The third-order valence-electron chi connectivity index (χ3n) is 7.70. The zero-order valence-electron chi connectivity index (χ0n) is 17.3. The lowest BCUT2D eigenvalue weighted by Gasteiger charge is -2.44. The molecule has 154 valence electrons. The smallest absolute Gasteiger partial charge is 0.318 e. The highest BCUT2D eigenvalue weighted by molar-refractivity contribution is 5.83. The Kier molecular flexibility index (Phi) is 5.60. The predicted molar refractivity (Wildman–Crippen MR) is 110 cm³/mol. The summed E-state index contributed by atoms with van der Waals surface area (Å²) in [5.41, 5.74) is 4.82. The van der Waals surface area contributed by atoms with Crippen molar-refractivity contribution in [1.82, 2.24) is 0 Å². The van der Waals surface area contributed by atoms with E-state index in [1.54, 1.807) is 0 Å². The van der Waals surface area contributed by atoms with E-state index in [2.05, 4.69) is 50.5 Å². The van der Waals surface area contributed by atoms with Crippen LogP contribution in [0.25, 0.3) is 0 Å². The van der Waals surface area contributed by atoms with Crippen molar-refractivity contribution in [2.45, 2.75) is 62.6 Å². The summed E-state index contributed by atoms with van der Waals surface area (Å²) in [7, 11) is 4.69. The maximum atomic E-state index is 13.5. The van der Waals surface area contributed by atoms with Crippen LogP contribution in [0.4, 0.5) is 0 Å². The number of piperidine rings is 1. The maximum Gasteiger partial charge on any atom is 0.318 e. The molecule has 0 aromatic heterocycles. The molecule has 3 nitrogen and oxygen atoms in total. The van der Waals surface area contributed by atoms with Gasteiger partial charge in [-0.2, -0.15) is 0 Å². The van der Waals surface area contributed by atoms with Gasteiger partial charge in [0.25, 0.3) is 0 Å². The minimum Gasteiger partial charge on any atom is -1.00 e. The van der Waals surface area contributed by atoms with E-state index >= 15 is 0 Å². The molecule has 0 spiro atoms. The molecule has 3 aliphatic rings. The average molecular weight is 456 g/mol. The average Bonchev–Trinajstić information content (AvgIpc) is 2.88. The van der Waals surface area contributed by atoms with Gasteiger partial charge in [-0.05, 0) is 35.1 Å². The molecule has 2 aliphatic heterocycles. The van der Waals surface area contributed by atoms with E-state index in [-0.39, 0.29) is 35.0 Å². The summed E-state index contributed by atoms with van der Waals surface area (Å²) in [5.74, 6) is -0.351. The van der Waals surface area contributed by atoms with Crippen LogP contribution in [0.2, 0.25) is 0 Å². The van der Waals surface area contributed by atoms with Crippen LogP contribution in [0.3, 0.4) is 0 Å². The molecule has 1 aliphatic carbocycles. The van der Waals surface area contributed by atoms with E-state index in [1.807, 2.05) is 12.1 Å². The van der Waals surface area contributed by atoms with Crippen molar-refractivity contribution in [2.75, 3.05) is 14.1 Å². The van der Waals surface area contributed by atoms with E-state index < -0.39 is 0 Å². The molecule has 0 radical (unpaired) electrons. The first-order valence-electron chi connectivity index (χ1n) is 10.7. The Hall–Kier alpha value is -1.65. The van der Waals surface area contributed by atoms with Crippen LogP contribution in [0.1, 0.15) is 53.9 Å². The number of halogens is 1. The van der Waals surface area contributed by atoms with Gasteiger partial charge in [0.05, 0.1) is 26.2 Å². The molecule has 4 heteroatoms. The molecule has 2 heterocycles. The number of aryl methyl sites for hydroxylation is 2. The van der Waals surface area contributed by atoms with E-state index in [0.717, 1.165) is 41.3 Å². The number of fused-ring (bicyclic) bond motifs is 4. The van der Waals surface area contributed by atoms with Crippen molar-refractivity contribution in [3.05, 3.63) is 70.8 Å². The first-order valence-corrected chi connectivity index (χ1v) is 10.7. The summed E-state index contributed by atoms with van der Waals surface area (Å²) in [6.45, 7) is 0. The molecule has 2 fully saturated rings. The molecular formula is C25H30BrNO2. The van der Waals surface area contributed by atoms with Crippen LogP contribution < -0.4 is 17.0 Å². The highest BCUT2D eigenvalue weighted by atomic mass is 79.9. The zero-order valence-corrected chi connectivity index (χ0v) is 18.9. The van der Waals surface area contributed by atoms with Crippen molar-refractivity contribution < 1.29 is 31.0 Å². The van der Waals surface area contributed by atoms with Crippen LogP contribution >= 0.6 is 0 Å². The molecule has 2 unspecified atom stereocenters. The molecule has 2 bridgehead atoms. The first kappa shape index (κ1) is 20.6. The van der Waals surface area contributed by atoms with Crippen molar-refractivity contribution in [3.63, 3.8) is 0 Å². The highest BCUT2D eigenvalue weighted by Crippen LogP contribution is 2.42. The van der Waals surface area contributed by atoms with Gasteiger partial charge in [0.1, 0.15) is 12.0 Å². The summed E-state index contributed by atoms with van der Waals surface area (Å²) in [5, 5.41) is 0. The summed E-state index contributed by atoms with van der Waals surface area (Å²) >= 11 is 0. The lowest BCUT2D eigenvalue weighted by Crippen LogP contribution is -3.00. The van der Waals surface area contributed by atoms with Gasteiger partial charge in [0.2, 0.25) is 0 Å². The van der Waals surface area contributed by atoms with Crippen LogP contribution in [0.5, 0.6) is 0 Å². The number of rotatable bonds is 2. The second-order valence-corrected chi connectivity index (χ2v) is 9.38. The van der Waals surface area contributed by atoms with E-state index in [1.165, 1.54) is 24.0 Å². The Bertz CT molecular complexity index is 846. The molecule has 0 saturated carbocycles. The van der Waals surface area contributed by atoms with Gasteiger partial charge >= 0.3 is 5.97 Å². The minimum absolute atomic E-state index is 0. The topological polar surface area (TPSA) is 26.3 Å². The third-order valence-corrected chi connectivity index (χ3v) is 7.70. The lowest BCUT2D eigenvalue weighted by atomic mass is 9.88. The van der Waals surface area contributed by atoms with Gasteiger partial charge in [-0.25, -0.2) is 0 Å². The molecule has 2 aromatic carbocycles. The van der Waals surface area contributed by atoms with Gasteiger partial charge in [-0.15, -0.1) is 0 Å². The second-order valence-electron chi connectivity index (χ2n) is 9.38. The van der Waals surface area contributed by atoms with Gasteiger partial charge in [0.15, 0.2) is 0 Å². The number of ether oxygens (including phenoxy) is 1. The SMILES string of the molecule is C[N+]1(C)C2CCC1CC(OC(=O)C1c3ccccc3CCc3ccccc31)C2.[Br-].